The molecule has 4 heteroatoms. The van der Waals surface area contributed by atoms with E-state index >= 15 is 0 Å². The molecule has 2 aliphatic heterocycles. The zero-order chi connectivity index (χ0) is 6.16. The molecule has 0 atom stereocenters. The highest BCUT2D eigenvalue weighted by molar-refractivity contribution is 5.65. The first kappa shape index (κ1) is 4.78. The van der Waals surface area contributed by atoms with Crippen LogP contribution in [0.25, 0.3) is 0 Å². The molecule has 0 bridgehead atoms. The highest BCUT2D eigenvalue weighted by Crippen LogP contribution is 2.28. The standard InChI is InChI=1S/C5H6N2O2/c1-3-6-8-5(1)2-4-7-9-5/h3-4H,1-2H2. The van der Waals surface area contributed by atoms with Gasteiger partial charge in [-0.15, -0.1) is 0 Å². The molecule has 0 aromatic rings. The minimum absolute atomic E-state index is 0.556. The van der Waals surface area contributed by atoms with Crippen LogP contribution in [0, 0.1) is 0 Å². The van der Waals surface area contributed by atoms with Crippen LogP contribution in [-0.2, 0) is 9.68 Å². The normalized spacial score (nSPS) is 26.7. The van der Waals surface area contributed by atoms with E-state index in [-0.39, 0.29) is 0 Å². The minimum Gasteiger partial charge on any atom is -0.345 e. The van der Waals surface area contributed by atoms with Crippen LogP contribution >= 0.6 is 0 Å². The van der Waals surface area contributed by atoms with Gasteiger partial charge in [-0.3, -0.25) is 0 Å². The monoisotopic (exact) mass is 126 g/mol. The zero-order valence-electron chi connectivity index (χ0n) is 4.78. The van der Waals surface area contributed by atoms with Gasteiger partial charge in [0, 0.05) is 0 Å². The Hall–Kier alpha value is -1.06. The van der Waals surface area contributed by atoms with Crippen molar-refractivity contribution in [1.29, 1.82) is 0 Å². The maximum absolute atomic E-state index is 4.92. The van der Waals surface area contributed by atoms with Crippen molar-refractivity contribution in [1.82, 2.24) is 0 Å². The van der Waals surface area contributed by atoms with Crippen molar-refractivity contribution in [2.24, 2.45) is 10.3 Å². The van der Waals surface area contributed by atoms with Crippen molar-refractivity contribution in [3.05, 3.63) is 0 Å². The minimum atomic E-state index is -0.556. The lowest BCUT2D eigenvalue weighted by Gasteiger charge is -2.15. The molecule has 0 saturated carbocycles. The van der Waals surface area contributed by atoms with Crippen LogP contribution < -0.4 is 0 Å². The molecule has 1 spiro atoms. The molecule has 0 aromatic heterocycles. The topological polar surface area (TPSA) is 43.2 Å². The molecule has 0 aromatic carbocycles. The van der Waals surface area contributed by atoms with Gasteiger partial charge in [-0.1, -0.05) is 10.3 Å². The predicted molar refractivity (Wildman–Crippen MR) is 31.1 cm³/mol. The molecule has 0 aliphatic carbocycles. The molecule has 2 rings (SSSR count). The second-order valence-electron chi connectivity index (χ2n) is 2.08. The first-order valence-electron chi connectivity index (χ1n) is 2.81. The molecule has 0 saturated heterocycles. The summed E-state index contributed by atoms with van der Waals surface area (Å²) in [5.74, 6) is -0.556. The highest BCUT2D eigenvalue weighted by atomic mass is 16.8. The van der Waals surface area contributed by atoms with E-state index in [1.807, 2.05) is 0 Å². The quantitative estimate of drug-likeness (QED) is 0.474. The second kappa shape index (κ2) is 1.46. The Morgan fingerprint density at radius 3 is 2.00 bits per heavy atom. The third-order valence-electron chi connectivity index (χ3n) is 1.39. The van der Waals surface area contributed by atoms with Crippen molar-refractivity contribution in [2.45, 2.75) is 18.6 Å². The van der Waals surface area contributed by atoms with E-state index in [1.165, 1.54) is 0 Å². The van der Waals surface area contributed by atoms with Crippen LogP contribution in [0.1, 0.15) is 12.8 Å². The maximum atomic E-state index is 4.92. The summed E-state index contributed by atoms with van der Waals surface area (Å²) in [6.45, 7) is 0. The molecule has 48 valence electrons. The van der Waals surface area contributed by atoms with Crippen molar-refractivity contribution < 1.29 is 9.68 Å². The Balaban J connectivity index is 2.11. The summed E-state index contributed by atoms with van der Waals surface area (Å²) in [6, 6.07) is 0. The maximum Gasteiger partial charge on any atom is 0.309 e. The number of nitrogens with zero attached hydrogens (tertiary/aromatic N) is 2. The van der Waals surface area contributed by atoms with Gasteiger partial charge in [0.1, 0.15) is 0 Å². The van der Waals surface area contributed by atoms with Gasteiger partial charge in [0.05, 0.1) is 25.3 Å². The van der Waals surface area contributed by atoms with Gasteiger partial charge < -0.3 is 9.68 Å². The fourth-order valence-electron chi connectivity index (χ4n) is 0.868. The van der Waals surface area contributed by atoms with Crippen LogP contribution in [0.5, 0.6) is 0 Å². The van der Waals surface area contributed by atoms with Gasteiger partial charge in [0.15, 0.2) is 0 Å². The Bertz CT molecular complexity index is 136. The van der Waals surface area contributed by atoms with Gasteiger partial charge in [-0.2, -0.15) is 0 Å². The molecule has 4 nitrogen and oxygen atoms in total. The third-order valence-corrected chi connectivity index (χ3v) is 1.39. The average molecular weight is 126 g/mol. The number of hydrogen-bond acceptors (Lipinski definition) is 4. The number of rotatable bonds is 0. The Morgan fingerprint density at radius 2 is 1.67 bits per heavy atom. The summed E-state index contributed by atoms with van der Waals surface area (Å²) in [6.07, 6.45) is 4.78. The Morgan fingerprint density at radius 1 is 1.11 bits per heavy atom. The molecule has 0 radical (unpaired) electrons. The van der Waals surface area contributed by atoms with Gasteiger partial charge in [0.25, 0.3) is 0 Å². The predicted octanol–water partition coefficient (Wildman–Crippen LogP) is 0.495. The molecule has 2 aliphatic rings. The van der Waals surface area contributed by atoms with Gasteiger partial charge >= 0.3 is 5.79 Å². The summed E-state index contributed by atoms with van der Waals surface area (Å²) in [4.78, 5) is 9.85. The summed E-state index contributed by atoms with van der Waals surface area (Å²) in [5.41, 5.74) is 0. The van der Waals surface area contributed by atoms with Crippen LogP contribution in [0.2, 0.25) is 0 Å². The SMILES string of the molecule is C1=NOC2(C1)CC=NO2. The van der Waals surface area contributed by atoms with Crippen molar-refractivity contribution in [3.63, 3.8) is 0 Å². The largest absolute Gasteiger partial charge is 0.345 e. The lowest BCUT2D eigenvalue weighted by molar-refractivity contribution is -0.204. The van der Waals surface area contributed by atoms with Crippen molar-refractivity contribution in [2.75, 3.05) is 0 Å². The van der Waals surface area contributed by atoms with Crippen molar-refractivity contribution in [3.8, 4) is 0 Å². The fourth-order valence-corrected chi connectivity index (χ4v) is 0.868. The van der Waals surface area contributed by atoms with Crippen LogP contribution in [-0.4, -0.2) is 18.2 Å². The summed E-state index contributed by atoms with van der Waals surface area (Å²) < 4.78 is 0. The first-order valence-corrected chi connectivity index (χ1v) is 2.81. The fraction of sp³-hybridized carbons (Fsp3) is 0.600. The molecule has 0 unspecified atom stereocenters. The molecular weight excluding hydrogens is 120 g/mol. The van der Waals surface area contributed by atoms with Crippen LogP contribution in [0.15, 0.2) is 10.3 Å². The van der Waals surface area contributed by atoms with Crippen LogP contribution in [0.4, 0.5) is 0 Å². The van der Waals surface area contributed by atoms with E-state index in [9.17, 15) is 0 Å². The summed E-state index contributed by atoms with van der Waals surface area (Å²) in [5, 5.41) is 7.18. The molecule has 2 heterocycles. The smallest absolute Gasteiger partial charge is 0.309 e. The van der Waals surface area contributed by atoms with Gasteiger partial charge in [-0.25, -0.2) is 0 Å². The van der Waals surface area contributed by atoms with E-state index in [0.717, 1.165) is 0 Å². The number of oxime groups is 2. The van der Waals surface area contributed by atoms with E-state index in [4.69, 9.17) is 9.68 Å². The van der Waals surface area contributed by atoms with E-state index in [0.29, 0.717) is 12.8 Å². The summed E-state index contributed by atoms with van der Waals surface area (Å²) >= 11 is 0. The lowest BCUT2D eigenvalue weighted by atomic mass is 10.2. The highest BCUT2D eigenvalue weighted by Gasteiger charge is 2.40. The van der Waals surface area contributed by atoms with Gasteiger partial charge in [0.2, 0.25) is 0 Å². The number of hydrogen-bond donors (Lipinski definition) is 0. The second-order valence-corrected chi connectivity index (χ2v) is 2.08. The Kier molecular flexibility index (Phi) is 0.777. The van der Waals surface area contributed by atoms with E-state index in [1.54, 1.807) is 12.4 Å². The zero-order valence-corrected chi connectivity index (χ0v) is 4.78. The van der Waals surface area contributed by atoms with Gasteiger partial charge in [-0.05, 0) is 0 Å². The first-order chi connectivity index (χ1) is 4.41. The lowest BCUT2D eigenvalue weighted by Crippen LogP contribution is -2.26. The average Bonchev–Trinajstić information content (AvgIpc) is 2.45. The molecule has 0 amide bonds. The molecule has 9 heavy (non-hydrogen) atoms. The van der Waals surface area contributed by atoms with E-state index in [2.05, 4.69) is 10.3 Å². The Labute approximate surface area is 52.1 Å². The summed E-state index contributed by atoms with van der Waals surface area (Å²) in [7, 11) is 0. The van der Waals surface area contributed by atoms with E-state index < -0.39 is 5.79 Å². The van der Waals surface area contributed by atoms with Crippen molar-refractivity contribution >= 4 is 12.4 Å². The molecule has 0 N–H and O–H groups in total. The third kappa shape index (κ3) is 0.590. The van der Waals surface area contributed by atoms with Crippen LogP contribution in [0.3, 0.4) is 0 Å². The molecular formula is C5H6N2O2. The molecule has 0 fully saturated rings.